The second-order valence-electron chi connectivity index (χ2n) is 6.13. The molecule has 3 rings (SSSR count). The van der Waals surface area contributed by atoms with Gasteiger partial charge in [-0.15, -0.1) is 0 Å². The van der Waals surface area contributed by atoms with Gasteiger partial charge in [0.2, 0.25) is 5.91 Å². The third-order valence-corrected chi connectivity index (χ3v) is 4.45. The number of rotatable bonds is 5. The summed E-state index contributed by atoms with van der Waals surface area (Å²) in [5.74, 6) is 0.771. The summed E-state index contributed by atoms with van der Waals surface area (Å²) in [7, 11) is 0. The zero-order valence-electron chi connectivity index (χ0n) is 13.1. The number of amides is 1. The Balaban J connectivity index is 1.59. The molecule has 2 atom stereocenters. The number of carbonyl (C=O) groups is 1. The molecule has 1 aromatic carbocycles. The van der Waals surface area contributed by atoms with Crippen LogP contribution in [0, 0.1) is 5.92 Å². The Hall–Kier alpha value is -2.14. The minimum Gasteiger partial charge on any atom is -0.396 e. The van der Waals surface area contributed by atoms with Gasteiger partial charge in [-0.2, -0.15) is 0 Å². The first-order valence-electron chi connectivity index (χ1n) is 8.17. The number of hydrogen-bond acceptors (Lipinski definition) is 4. The van der Waals surface area contributed by atoms with Gasteiger partial charge in [0, 0.05) is 30.2 Å². The van der Waals surface area contributed by atoms with Crippen LogP contribution in [0.4, 0.5) is 0 Å². The van der Waals surface area contributed by atoms with E-state index in [0.29, 0.717) is 11.5 Å². The predicted octanol–water partition coefficient (Wildman–Crippen LogP) is 2.55. The van der Waals surface area contributed by atoms with Crippen molar-refractivity contribution in [2.45, 2.75) is 38.1 Å². The summed E-state index contributed by atoms with van der Waals surface area (Å²) < 4.78 is 5.31. The van der Waals surface area contributed by atoms with Gasteiger partial charge >= 0.3 is 0 Å². The molecule has 2 aromatic rings. The second kappa shape index (κ2) is 7.42. The number of aromatic nitrogens is 1. The standard InChI is InChI=1S/C18H22N2O3/c21-12-14-8-4-5-9-16(14)19-18(22)11-15-10-17(23-20-15)13-6-2-1-3-7-13/h1-3,6-7,10,14,16,21H,4-5,8-9,11-12H2,(H,19,22). The van der Waals surface area contributed by atoms with E-state index >= 15 is 0 Å². The highest BCUT2D eigenvalue weighted by Gasteiger charge is 2.26. The van der Waals surface area contributed by atoms with Crippen LogP contribution in [-0.2, 0) is 11.2 Å². The van der Waals surface area contributed by atoms with E-state index in [9.17, 15) is 9.90 Å². The summed E-state index contributed by atoms with van der Waals surface area (Å²) in [5, 5.41) is 16.4. The van der Waals surface area contributed by atoms with Gasteiger partial charge < -0.3 is 14.9 Å². The van der Waals surface area contributed by atoms with Crippen LogP contribution in [0.3, 0.4) is 0 Å². The molecular weight excluding hydrogens is 292 g/mol. The molecular formula is C18H22N2O3. The Bertz CT molecular complexity index is 639. The Kier molecular flexibility index (Phi) is 5.08. The topological polar surface area (TPSA) is 75.4 Å². The molecule has 2 N–H and O–H groups in total. The molecule has 0 radical (unpaired) electrons. The van der Waals surface area contributed by atoms with Gasteiger partial charge in [0.25, 0.3) is 0 Å². The third kappa shape index (κ3) is 3.99. The van der Waals surface area contributed by atoms with Crippen LogP contribution in [0.1, 0.15) is 31.4 Å². The van der Waals surface area contributed by atoms with Crippen LogP contribution in [-0.4, -0.2) is 28.8 Å². The maximum absolute atomic E-state index is 12.2. The van der Waals surface area contributed by atoms with E-state index in [4.69, 9.17) is 4.52 Å². The fourth-order valence-electron chi connectivity index (χ4n) is 3.17. The van der Waals surface area contributed by atoms with Crippen molar-refractivity contribution in [1.82, 2.24) is 10.5 Å². The first kappa shape index (κ1) is 15.7. The van der Waals surface area contributed by atoms with Gasteiger partial charge in [-0.3, -0.25) is 4.79 Å². The van der Waals surface area contributed by atoms with Crippen molar-refractivity contribution >= 4 is 5.91 Å². The van der Waals surface area contributed by atoms with Gasteiger partial charge in [0.1, 0.15) is 0 Å². The summed E-state index contributed by atoms with van der Waals surface area (Å²) >= 11 is 0. The lowest BCUT2D eigenvalue weighted by Crippen LogP contribution is -2.44. The van der Waals surface area contributed by atoms with Crippen molar-refractivity contribution in [3.8, 4) is 11.3 Å². The molecule has 0 saturated heterocycles. The third-order valence-electron chi connectivity index (χ3n) is 4.45. The number of aliphatic hydroxyl groups excluding tert-OH is 1. The van der Waals surface area contributed by atoms with Gasteiger partial charge in [-0.05, 0) is 12.8 Å². The molecule has 2 unspecified atom stereocenters. The van der Waals surface area contributed by atoms with Crippen molar-refractivity contribution in [2.75, 3.05) is 6.61 Å². The molecule has 1 fully saturated rings. The van der Waals surface area contributed by atoms with Gasteiger partial charge in [-0.1, -0.05) is 48.3 Å². The van der Waals surface area contributed by atoms with Crippen molar-refractivity contribution in [2.24, 2.45) is 5.92 Å². The monoisotopic (exact) mass is 314 g/mol. The number of nitrogens with zero attached hydrogens (tertiary/aromatic N) is 1. The molecule has 1 heterocycles. The van der Waals surface area contributed by atoms with Crippen LogP contribution >= 0.6 is 0 Å². The van der Waals surface area contributed by atoms with Crippen LogP contribution in [0.25, 0.3) is 11.3 Å². The molecule has 1 aliphatic carbocycles. The van der Waals surface area contributed by atoms with E-state index < -0.39 is 0 Å². The highest BCUT2D eigenvalue weighted by Crippen LogP contribution is 2.24. The van der Waals surface area contributed by atoms with E-state index in [1.807, 2.05) is 30.3 Å². The van der Waals surface area contributed by atoms with Gasteiger partial charge in [0.05, 0.1) is 12.1 Å². The first-order chi connectivity index (χ1) is 11.3. The molecule has 23 heavy (non-hydrogen) atoms. The fraction of sp³-hybridized carbons (Fsp3) is 0.444. The molecule has 0 aliphatic heterocycles. The highest BCUT2D eigenvalue weighted by atomic mass is 16.5. The van der Waals surface area contributed by atoms with Gasteiger partial charge in [0.15, 0.2) is 5.76 Å². The summed E-state index contributed by atoms with van der Waals surface area (Å²) in [4.78, 5) is 12.2. The molecule has 1 saturated carbocycles. The molecule has 1 amide bonds. The number of aliphatic hydroxyl groups is 1. The summed E-state index contributed by atoms with van der Waals surface area (Å²) in [6, 6.07) is 11.6. The Morgan fingerprint density at radius 2 is 2.04 bits per heavy atom. The highest BCUT2D eigenvalue weighted by molar-refractivity contribution is 5.78. The molecule has 5 heteroatoms. The van der Waals surface area contributed by atoms with Crippen LogP contribution in [0.15, 0.2) is 40.9 Å². The van der Waals surface area contributed by atoms with Crippen LogP contribution < -0.4 is 5.32 Å². The molecule has 5 nitrogen and oxygen atoms in total. The molecule has 0 spiro atoms. The summed E-state index contributed by atoms with van der Waals surface area (Å²) in [5.41, 5.74) is 1.57. The molecule has 122 valence electrons. The predicted molar refractivity (Wildman–Crippen MR) is 86.6 cm³/mol. The first-order valence-corrected chi connectivity index (χ1v) is 8.17. The summed E-state index contributed by atoms with van der Waals surface area (Å²) in [6.07, 6.45) is 4.34. The fourth-order valence-corrected chi connectivity index (χ4v) is 3.17. The van der Waals surface area contributed by atoms with Crippen LogP contribution in [0.2, 0.25) is 0 Å². The number of benzene rings is 1. The molecule has 0 bridgehead atoms. The lowest BCUT2D eigenvalue weighted by molar-refractivity contribution is -0.122. The molecule has 1 aliphatic rings. The van der Waals surface area contributed by atoms with Gasteiger partial charge in [-0.25, -0.2) is 0 Å². The lowest BCUT2D eigenvalue weighted by atomic mass is 9.85. The number of hydrogen-bond donors (Lipinski definition) is 2. The average molecular weight is 314 g/mol. The maximum atomic E-state index is 12.2. The minimum atomic E-state index is -0.0664. The van der Waals surface area contributed by atoms with E-state index in [1.54, 1.807) is 6.07 Å². The van der Waals surface area contributed by atoms with E-state index in [-0.39, 0.29) is 30.9 Å². The minimum absolute atomic E-state index is 0.0664. The average Bonchev–Trinajstić information content (AvgIpc) is 3.04. The van der Waals surface area contributed by atoms with Crippen molar-refractivity contribution < 1.29 is 14.4 Å². The van der Waals surface area contributed by atoms with Crippen molar-refractivity contribution in [1.29, 1.82) is 0 Å². The van der Waals surface area contributed by atoms with Crippen LogP contribution in [0.5, 0.6) is 0 Å². The maximum Gasteiger partial charge on any atom is 0.226 e. The smallest absolute Gasteiger partial charge is 0.226 e. The quantitative estimate of drug-likeness (QED) is 0.889. The number of nitrogens with one attached hydrogen (secondary N) is 1. The second-order valence-corrected chi connectivity index (χ2v) is 6.13. The Morgan fingerprint density at radius 1 is 1.26 bits per heavy atom. The lowest BCUT2D eigenvalue weighted by Gasteiger charge is -2.30. The zero-order chi connectivity index (χ0) is 16.1. The van der Waals surface area contributed by atoms with E-state index in [1.165, 1.54) is 0 Å². The zero-order valence-corrected chi connectivity index (χ0v) is 13.1. The summed E-state index contributed by atoms with van der Waals surface area (Å²) in [6.45, 7) is 0.132. The largest absolute Gasteiger partial charge is 0.396 e. The number of carbonyl (C=O) groups excluding carboxylic acids is 1. The van der Waals surface area contributed by atoms with E-state index in [0.717, 1.165) is 31.2 Å². The SMILES string of the molecule is O=C(Cc1cc(-c2ccccc2)on1)NC1CCCCC1CO. The normalized spacial score (nSPS) is 21.1. The van der Waals surface area contributed by atoms with Crippen molar-refractivity contribution in [3.05, 3.63) is 42.1 Å². The Labute approximate surface area is 135 Å². The van der Waals surface area contributed by atoms with E-state index in [2.05, 4.69) is 10.5 Å². The molecule has 1 aromatic heterocycles. The van der Waals surface area contributed by atoms with Crippen molar-refractivity contribution in [3.63, 3.8) is 0 Å². The Morgan fingerprint density at radius 3 is 2.83 bits per heavy atom.